The summed E-state index contributed by atoms with van der Waals surface area (Å²) in [6.07, 6.45) is 0.570. The molecule has 0 spiro atoms. The topological polar surface area (TPSA) is 144 Å². The zero-order valence-electron chi connectivity index (χ0n) is 25.0. The van der Waals surface area contributed by atoms with Crippen molar-refractivity contribution in [1.82, 2.24) is 34.8 Å². The van der Waals surface area contributed by atoms with Gasteiger partial charge in [0.05, 0.1) is 17.5 Å². The van der Waals surface area contributed by atoms with Crippen LogP contribution in [0.5, 0.6) is 0 Å². The molecule has 4 aromatic rings. The van der Waals surface area contributed by atoms with Gasteiger partial charge in [0.25, 0.3) is 12.3 Å². The monoisotopic (exact) mass is 647 g/mol. The Morgan fingerprint density at radius 2 is 1.91 bits per heavy atom. The average molecular weight is 648 g/mol. The molecular formula is C30H34F5N9O2. The minimum Gasteiger partial charge on any atom is -0.356 e. The summed E-state index contributed by atoms with van der Waals surface area (Å²) >= 11 is 0. The number of aryl methyl sites for hydroxylation is 1. The molecule has 0 aliphatic heterocycles. The Bertz CT molecular complexity index is 1700. The summed E-state index contributed by atoms with van der Waals surface area (Å²) in [5, 5.41) is 12.2. The number of hydrogen-bond acceptors (Lipinski definition) is 7. The fourth-order valence-electron chi connectivity index (χ4n) is 5.58. The molecule has 2 amide bonds. The summed E-state index contributed by atoms with van der Waals surface area (Å²) in [6.45, 7) is 1.72. The summed E-state index contributed by atoms with van der Waals surface area (Å²) in [4.78, 5) is 33.7. The Morgan fingerprint density at radius 1 is 1.13 bits per heavy atom. The molecule has 1 saturated carbocycles. The number of hydrogen-bond donors (Lipinski definition) is 4. The van der Waals surface area contributed by atoms with E-state index >= 15 is 0 Å². The number of carbonyl (C=O) groups is 2. The third-order valence-corrected chi connectivity index (χ3v) is 7.84. The van der Waals surface area contributed by atoms with E-state index in [-0.39, 0.29) is 40.9 Å². The average Bonchev–Trinajstić information content (AvgIpc) is 3.75. The number of alkyl halides is 5. The third-order valence-electron chi connectivity index (χ3n) is 7.84. The molecule has 1 aliphatic carbocycles. The summed E-state index contributed by atoms with van der Waals surface area (Å²) in [6, 6.07) is 5.18. The molecule has 1 aliphatic rings. The van der Waals surface area contributed by atoms with Crippen LogP contribution in [-0.2, 0) is 23.9 Å². The lowest BCUT2D eigenvalue weighted by molar-refractivity contribution is -0.141. The van der Waals surface area contributed by atoms with Crippen molar-refractivity contribution >= 4 is 29.0 Å². The Hall–Kier alpha value is -4.60. The molecule has 0 bridgehead atoms. The number of amides is 2. The van der Waals surface area contributed by atoms with Crippen molar-refractivity contribution in [3.63, 3.8) is 0 Å². The Kier molecular flexibility index (Phi) is 9.84. The molecule has 11 nitrogen and oxygen atoms in total. The van der Waals surface area contributed by atoms with Crippen molar-refractivity contribution in [3.05, 3.63) is 59.8 Å². The van der Waals surface area contributed by atoms with Crippen LogP contribution in [0.1, 0.15) is 54.2 Å². The van der Waals surface area contributed by atoms with E-state index in [2.05, 4.69) is 31.0 Å². The number of anilines is 2. The van der Waals surface area contributed by atoms with Crippen molar-refractivity contribution in [2.24, 2.45) is 11.7 Å². The summed E-state index contributed by atoms with van der Waals surface area (Å²) in [5.74, 6) is -0.0842. The van der Waals surface area contributed by atoms with Gasteiger partial charge in [-0.05, 0) is 55.9 Å². The number of carbonyl (C=O) groups excluding carboxylic acids is 2. The smallest absolute Gasteiger partial charge is 0.356 e. The number of halogens is 5. The van der Waals surface area contributed by atoms with Gasteiger partial charge in [0.2, 0.25) is 5.91 Å². The van der Waals surface area contributed by atoms with E-state index in [4.69, 9.17) is 5.73 Å². The normalized spacial score (nSPS) is 16.7. The van der Waals surface area contributed by atoms with Crippen LogP contribution in [0.15, 0.2) is 43.0 Å². The Labute approximate surface area is 260 Å². The highest BCUT2D eigenvalue weighted by Crippen LogP contribution is 2.37. The zero-order chi connectivity index (χ0) is 33.0. The van der Waals surface area contributed by atoms with Gasteiger partial charge in [-0.2, -0.15) is 18.3 Å². The first-order valence-electron chi connectivity index (χ1n) is 14.9. The van der Waals surface area contributed by atoms with Crippen LogP contribution >= 0.6 is 0 Å². The first-order valence-corrected chi connectivity index (χ1v) is 14.9. The predicted molar refractivity (Wildman–Crippen MR) is 160 cm³/mol. The third kappa shape index (κ3) is 7.43. The van der Waals surface area contributed by atoms with E-state index in [9.17, 15) is 31.5 Å². The fraction of sp³-hybridized carbons (Fsp3) is 0.433. The van der Waals surface area contributed by atoms with Crippen molar-refractivity contribution in [2.45, 2.75) is 64.2 Å². The predicted octanol–water partition coefficient (Wildman–Crippen LogP) is 4.55. The number of aromatic nitrogens is 5. The number of imidazole rings is 1. The summed E-state index contributed by atoms with van der Waals surface area (Å²) in [5.41, 5.74) is 6.15. The van der Waals surface area contributed by atoms with Gasteiger partial charge in [-0.3, -0.25) is 18.7 Å². The first kappa shape index (κ1) is 32.8. The van der Waals surface area contributed by atoms with Crippen molar-refractivity contribution in [2.75, 3.05) is 18.4 Å². The van der Waals surface area contributed by atoms with Crippen LogP contribution in [0.2, 0.25) is 0 Å². The number of fused-ring (bicyclic) bond motifs is 1. The van der Waals surface area contributed by atoms with Gasteiger partial charge < -0.3 is 21.7 Å². The second-order valence-electron chi connectivity index (χ2n) is 11.1. The summed E-state index contributed by atoms with van der Waals surface area (Å²) in [7, 11) is 0. The maximum atomic E-state index is 13.7. The number of nitrogens with one attached hydrogen (secondary N) is 3. The largest absolute Gasteiger partial charge is 0.435 e. The second kappa shape index (κ2) is 13.8. The van der Waals surface area contributed by atoms with Gasteiger partial charge in [0, 0.05) is 54.9 Å². The molecule has 16 heteroatoms. The minimum absolute atomic E-state index is 0.000535. The molecule has 3 aromatic heterocycles. The van der Waals surface area contributed by atoms with E-state index in [1.54, 1.807) is 18.2 Å². The van der Waals surface area contributed by atoms with Crippen molar-refractivity contribution in [3.8, 4) is 11.3 Å². The number of rotatable bonds is 12. The van der Waals surface area contributed by atoms with E-state index in [1.807, 2.05) is 6.92 Å². The molecule has 5 N–H and O–H groups in total. The number of benzene rings is 1. The van der Waals surface area contributed by atoms with E-state index in [0.717, 1.165) is 24.6 Å². The molecule has 246 valence electrons. The summed E-state index contributed by atoms with van der Waals surface area (Å²) < 4.78 is 68.9. The lowest BCUT2D eigenvalue weighted by Gasteiger charge is -2.13. The highest BCUT2D eigenvalue weighted by molar-refractivity contribution is 5.96. The lowest BCUT2D eigenvalue weighted by Crippen LogP contribution is -2.33. The molecule has 0 saturated heterocycles. The molecule has 3 heterocycles. The first-order chi connectivity index (χ1) is 21.9. The number of nitrogens with zero attached hydrogens (tertiary/aromatic N) is 5. The SMILES string of the molecule is CCc1cc(Nc2nccn3c(-c4cn(CC(F)F)nc4C(F)(F)F)cnc23)ccc1C(=O)NCCCNC(=O)[C@@H]1CC[C@H](N)C1. The highest BCUT2D eigenvalue weighted by atomic mass is 19.4. The van der Waals surface area contributed by atoms with Gasteiger partial charge in [0.15, 0.2) is 17.2 Å². The van der Waals surface area contributed by atoms with Gasteiger partial charge in [-0.1, -0.05) is 6.92 Å². The van der Waals surface area contributed by atoms with Crippen LogP contribution < -0.4 is 21.7 Å². The lowest BCUT2D eigenvalue weighted by atomic mass is 10.0. The maximum absolute atomic E-state index is 13.7. The Morgan fingerprint density at radius 3 is 2.61 bits per heavy atom. The van der Waals surface area contributed by atoms with Crippen molar-refractivity contribution < 1.29 is 31.5 Å². The van der Waals surface area contributed by atoms with Gasteiger partial charge >= 0.3 is 6.18 Å². The highest BCUT2D eigenvalue weighted by Gasteiger charge is 2.38. The quantitative estimate of drug-likeness (QED) is 0.131. The molecular weight excluding hydrogens is 613 g/mol. The molecule has 0 unspecified atom stereocenters. The van der Waals surface area contributed by atoms with Crippen LogP contribution in [0.4, 0.5) is 33.5 Å². The molecule has 1 aromatic carbocycles. The molecule has 0 radical (unpaired) electrons. The van der Waals surface area contributed by atoms with E-state index in [0.29, 0.717) is 48.3 Å². The van der Waals surface area contributed by atoms with Gasteiger partial charge in [-0.25, -0.2) is 18.7 Å². The molecule has 2 atom stereocenters. The molecule has 1 fully saturated rings. The number of nitrogens with two attached hydrogens (primary N) is 1. The van der Waals surface area contributed by atoms with Crippen molar-refractivity contribution in [1.29, 1.82) is 0 Å². The molecule has 46 heavy (non-hydrogen) atoms. The second-order valence-corrected chi connectivity index (χ2v) is 11.1. The van der Waals surface area contributed by atoms with Crippen LogP contribution in [0.3, 0.4) is 0 Å². The van der Waals surface area contributed by atoms with Crippen LogP contribution in [-0.4, -0.2) is 61.5 Å². The van der Waals surface area contributed by atoms with E-state index in [1.165, 1.54) is 23.0 Å². The standard InChI is InChI=1S/C30H34F5N9O2/c1-2-17-13-20(6-7-21(17)29(46)39-9-3-8-38-28(45)18-4-5-19(36)12-18)41-26-27-40-14-23(44(27)11-10-37-26)22-15-43(16-24(31)32)42-25(22)30(33,34)35/h6-7,10-11,13-15,18-19,24H,2-5,8-9,12,16,36H2,1H3,(H,37,41)(H,38,45)(H,39,46)/t18-,19+/m1/s1. The van der Waals surface area contributed by atoms with E-state index < -0.39 is 30.4 Å². The zero-order valence-corrected chi connectivity index (χ0v) is 25.0. The minimum atomic E-state index is -4.88. The Balaban J connectivity index is 1.26. The van der Waals surface area contributed by atoms with Crippen LogP contribution in [0, 0.1) is 5.92 Å². The van der Waals surface area contributed by atoms with Gasteiger partial charge in [0.1, 0.15) is 6.54 Å². The van der Waals surface area contributed by atoms with Crippen LogP contribution in [0.25, 0.3) is 16.9 Å². The maximum Gasteiger partial charge on any atom is 0.435 e. The van der Waals surface area contributed by atoms with Gasteiger partial charge in [-0.15, -0.1) is 0 Å². The fourth-order valence-corrected chi connectivity index (χ4v) is 5.58. The molecule has 5 rings (SSSR count).